The van der Waals surface area contributed by atoms with Gasteiger partial charge in [0.2, 0.25) is 0 Å². The quantitative estimate of drug-likeness (QED) is 0.397. The van der Waals surface area contributed by atoms with E-state index in [0.29, 0.717) is 51.8 Å². The van der Waals surface area contributed by atoms with Crippen LogP contribution in [0.15, 0.2) is 33.8 Å². The predicted octanol–water partition coefficient (Wildman–Crippen LogP) is 2.65. The van der Waals surface area contributed by atoms with Crippen molar-refractivity contribution in [1.82, 2.24) is 29.7 Å². The van der Waals surface area contributed by atoms with E-state index in [1.54, 1.807) is 29.7 Å². The molecule has 5 rings (SSSR count). The van der Waals surface area contributed by atoms with Crippen LogP contribution in [0.25, 0.3) is 22.4 Å². The van der Waals surface area contributed by atoms with E-state index in [4.69, 9.17) is 26.8 Å². The Labute approximate surface area is 192 Å². The summed E-state index contributed by atoms with van der Waals surface area (Å²) in [5.74, 6) is 1.63. The summed E-state index contributed by atoms with van der Waals surface area (Å²) in [6.45, 7) is 3.55. The van der Waals surface area contributed by atoms with Crippen LogP contribution in [0.3, 0.4) is 0 Å². The highest BCUT2D eigenvalue weighted by molar-refractivity contribution is 6.35. The van der Waals surface area contributed by atoms with Gasteiger partial charge in [0.1, 0.15) is 29.4 Å². The number of benzene rings is 1. The molecule has 11 nitrogen and oxygen atoms in total. The molecule has 0 aliphatic heterocycles. The molecule has 0 saturated heterocycles. The first kappa shape index (κ1) is 21.3. The largest absolute Gasteiger partial charge is 0.393 e. The maximum atomic E-state index is 13.5. The normalized spacial score (nSPS) is 18.8. The third-order valence-corrected chi connectivity index (χ3v) is 6.03. The van der Waals surface area contributed by atoms with Crippen molar-refractivity contribution in [3.05, 3.63) is 51.6 Å². The molecule has 0 amide bonds. The van der Waals surface area contributed by atoms with Crippen LogP contribution in [0.5, 0.6) is 0 Å². The third-order valence-electron chi connectivity index (χ3n) is 5.72. The molecule has 3 aromatic heterocycles. The van der Waals surface area contributed by atoms with Crippen molar-refractivity contribution in [3.8, 4) is 11.5 Å². The van der Waals surface area contributed by atoms with E-state index in [1.165, 1.54) is 6.33 Å². The molecule has 0 spiro atoms. The van der Waals surface area contributed by atoms with Crippen molar-refractivity contribution in [2.75, 3.05) is 11.1 Å². The minimum absolute atomic E-state index is 0.168. The number of aromatic nitrogens is 6. The Hall–Kier alpha value is -3.57. The van der Waals surface area contributed by atoms with Crippen LogP contribution in [-0.4, -0.2) is 40.9 Å². The lowest BCUT2D eigenvalue weighted by Gasteiger charge is -2.35. The molecule has 12 heteroatoms. The first-order chi connectivity index (χ1) is 15.8. The molecule has 1 unspecified atom stereocenters. The summed E-state index contributed by atoms with van der Waals surface area (Å²) in [6.07, 6.45) is 1.79. The zero-order valence-electron chi connectivity index (χ0n) is 17.9. The van der Waals surface area contributed by atoms with Crippen molar-refractivity contribution in [1.29, 1.82) is 0 Å². The molecule has 4 N–H and O–H groups in total. The summed E-state index contributed by atoms with van der Waals surface area (Å²) >= 11 is 6.33. The second-order valence-corrected chi connectivity index (χ2v) is 8.46. The van der Waals surface area contributed by atoms with E-state index in [2.05, 4.69) is 25.4 Å². The molecule has 1 aliphatic rings. The van der Waals surface area contributed by atoms with Crippen LogP contribution in [0, 0.1) is 6.92 Å². The zero-order chi connectivity index (χ0) is 23.3. The third kappa shape index (κ3) is 3.68. The molecule has 170 valence electrons. The average molecular weight is 469 g/mol. The molecule has 33 heavy (non-hydrogen) atoms. The van der Waals surface area contributed by atoms with Gasteiger partial charge in [-0.3, -0.25) is 9.36 Å². The van der Waals surface area contributed by atoms with Crippen LogP contribution in [0.1, 0.15) is 43.5 Å². The van der Waals surface area contributed by atoms with Gasteiger partial charge < -0.3 is 20.7 Å². The molecule has 1 atom stereocenters. The number of aryl methyl sites for hydroxylation is 1. The highest BCUT2D eigenvalue weighted by Gasteiger charge is 2.33. The Balaban J connectivity index is 1.61. The summed E-state index contributed by atoms with van der Waals surface area (Å²) in [6, 6.07) is 4.49. The van der Waals surface area contributed by atoms with Gasteiger partial charge in [-0.15, -0.1) is 0 Å². The molecule has 4 aromatic rings. The molecule has 1 aliphatic carbocycles. The molecule has 0 radical (unpaired) electrons. The fourth-order valence-corrected chi connectivity index (χ4v) is 4.29. The number of anilines is 2. The lowest BCUT2D eigenvalue weighted by Crippen LogP contribution is -2.40. The maximum Gasteiger partial charge on any atom is 0.265 e. The zero-order valence-corrected chi connectivity index (χ0v) is 18.6. The summed E-state index contributed by atoms with van der Waals surface area (Å²) in [5, 5.41) is 17.6. The van der Waals surface area contributed by atoms with Crippen molar-refractivity contribution < 1.29 is 9.63 Å². The Morgan fingerprint density at radius 1 is 1.30 bits per heavy atom. The summed E-state index contributed by atoms with van der Waals surface area (Å²) < 4.78 is 6.89. The molecule has 1 fully saturated rings. The molecule has 0 bridgehead atoms. The Morgan fingerprint density at radius 2 is 2.09 bits per heavy atom. The van der Waals surface area contributed by atoms with Gasteiger partial charge in [0.15, 0.2) is 5.82 Å². The molecular weight excluding hydrogens is 448 g/mol. The maximum absolute atomic E-state index is 13.5. The van der Waals surface area contributed by atoms with Gasteiger partial charge >= 0.3 is 0 Å². The highest BCUT2D eigenvalue weighted by atomic mass is 35.5. The molecule has 1 aromatic carbocycles. The van der Waals surface area contributed by atoms with Gasteiger partial charge in [-0.1, -0.05) is 22.8 Å². The number of fused-ring (bicyclic) bond motifs is 1. The van der Waals surface area contributed by atoms with Crippen LogP contribution in [0.2, 0.25) is 5.02 Å². The smallest absolute Gasteiger partial charge is 0.265 e. The van der Waals surface area contributed by atoms with Gasteiger partial charge in [0.05, 0.1) is 28.1 Å². The number of hydrogen-bond donors (Lipinski definition) is 3. The minimum Gasteiger partial charge on any atom is -0.393 e. The van der Waals surface area contributed by atoms with Crippen molar-refractivity contribution in [3.63, 3.8) is 0 Å². The monoisotopic (exact) mass is 468 g/mol. The summed E-state index contributed by atoms with van der Waals surface area (Å²) in [4.78, 5) is 30.8. The SMILES string of the molecule is Cc1noc(-c2c(N)ncnc2NC(C)c2nc3cccc(Cl)c3c(=O)n2C2CC(O)C2)n1. The molecular formula is C21H21ClN8O3. The van der Waals surface area contributed by atoms with E-state index in [1.807, 2.05) is 6.92 Å². The van der Waals surface area contributed by atoms with E-state index < -0.39 is 12.1 Å². The lowest BCUT2D eigenvalue weighted by molar-refractivity contribution is 0.0454. The van der Waals surface area contributed by atoms with Crippen LogP contribution in [0.4, 0.5) is 11.6 Å². The van der Waals surface area contributed by atoms with Crippen molar-refractivity contribution in [2.24, 2.45) is 0 Å². The van der Waals surface area contributed by atoms with Gasteiger partial charge in [0, 0.05) is 6.04 Å². The number of nitrogens with zero attached hydrogens (tertiary/aromatic N) is 6. The number of nitrogens with one attached hydrogen (secondary N) is 1. The standard InChI is InChI=1S/C21H21ClN8O3/c1-9(26-18-16(17(23)24-8-25-18)20-27-10(2)29-33-20)19-28-14-5-3-4-13(22)15(14)21(32)30(19)11-6-12(31)7-11/h3-5,8-9,11-12,31H,6-7H2,1-2H3,(H3,23,24,25,26). The van der Waals surface area contributed by atoms with E-state index in [9.17, 15) is 9.90 Å². The lowest BCUT2D eigenvalue weighted by atomic mass is 9.89. The first-order valence-corrected chi connectivity index (χ1v) is 10.8. The summed E-state index contributed by atoms with van der Waals surface area (Å²) in [5.41, 5.74) is 6.69. The van der Waals surface area contributed by atoms with Crippen LogP contribution in [-0.2, 0) is 0 Å². The predicted molar refractivity (Wildman–Crippen MR) is 122 cm³/mol. The summed E-state index contributed by atoms with van der Waals surface area (Å²) in [7, 11) is 0. The average Bonchev–Trinajstić information content (AvgIpc) is 3.17. The fraction of sp³-hybridized carbons (Fsp3) is 0.333. The van der Waals surface area contributed by atoms with Crippen LogP contribution >= 0.6 is 11.6 Å². The molecule has 3 heterocycles. The highest BCUT2D eigenvalue weighted by Crippen LogP contribution is 2.36. The van der Waals surface area contributed by atoms with Gasteiger partial charge in [-0.05, 0) is 38.8 Å². The van der Waals surface area contributed by atoms with Crippen LogP contribution < -0.4 is 16.6 Å². The topological polar surface area (TPSA) is 158 Å². The Kier molecular flexibility index (Phi) is 5.22. The van der Waals surface area contributed by atoms with E-state index in [0.717, 1.165) is 0 Å². The van der Waals surface area contributed by atoms with Gasteiger partial charge in [0.25, 0.3) is 11.4 Å². The Morgan fingerprint density at radius 3 is 2.79 bits per heavy atom. The van der Waals surface area contributed by atoms with E-state index >= 15 is 0 Å². The number of nitrogen functional groups attached to an aromatic ring is 1. The number of nitrogens with two attached hydrogens (primary N) is 1. The molecule has 1 saturated carbocycles. The number of hydrogen-bond acceptors (Lipinski definition) is 10. The Bertz CT molecular complexity index is 1410. The van der Waals surface area contributed by atoms with Crippen molar-refractivity contribution >= 4 is 34.1 Å². The first-order valence-electron chi connectivity index (χ1n) is 10.4. The number of halogens is 1. The van der Waals surface area contributed by atoms with Gasteiger partial charge in [-0.2, -0.15) is 4.98 Å². The number of rotatable bonds is 5. The number of aliphatic hydroxyl groups excluding tert-OH is 1. The number of aliphatic hydroxyl groups is 1. The van der Waals surface area contributed by atoms with Crippen molar-refractivity contribution in [2.45, 2.75) is 44.9 Å². The fourth-order valence-electron chi connectivity index (χ4n) is 4.04. The van der Waals surface area contributed by atoms with Gasteiger partial charge in [-0.25, -0.2) is 15.0 Å². The van der Waals surface area contributed by atoms with E-state index in [-0.39, 0.29) is 23.3 Å². The second kappa shape index (κ2) is 8.09. The minimum atomic E-state index is -0.476. The second-order valence-electron chi connectivity index (χ2n) is 8.05.